The molecule has 0 saturated heterocycles. The minimum atomic E-state index is -1.10. The van der Waals surface area contributed by atoms with Gasteiger partial charge >= 0.3 is 5.97 Å². The van der Waals surface area contributed by atoms with Crippen LogP contribution < -0.4 is 10.5 Å². The number of nitrogens with two attached hydrogens (primary N) is 1. The van der Waals surface area contributed by atoms with E-state index in [2.05, 4.69) is 6.07 Å². The normalized spacial score (nSPS) is 20.1. The molecule has 0 aliphatic heterocycles. The third-order valence-electron chi connectivity index (χ3n) is 3.43. The number of esters is 1. The van der Waals surface area contributed by atoms with Gasteiger partial charge in [-0.2, -0.15) is 0 Å². The largest absolute Gasteiger partial charge is 0.424 e. The summed E-state index contributed by atoms with van der Waals surface area (Å²) in [5.74, 6) is 0.485. The maximum absolute atomic E-state index is 11.4. The molecule has 0 fully saturated rings. The highest BCUT2D eigenvalue weighted by Gasteiger charge is 2.22. The Balaban J connectivity index is 2.21. The monoisotopic (exact) mass is 249 g/mol. The van der Waals surface area contributed by atoms with Gasteiger partial charge in [0.25, 0.3) is 0 Å². The van der Waals surface area contributed by atoms with Crippen LogP contribution in [0.1, 0.15) is 24.5 Å². The van der Waals surface area contributed by atoms with Crippen LogP contribution in [0.2, 0.25) is 0 Å². The molecule has 1 aromatic carbocycles. The van der Waals surface area contributed by atoms with Gasteiger partial charge in [0.15, 0.2) is 0 Å². The van der Waals surface area contributed by atoms with Crippen LogP contribution in [0.4, 0.5) is 0 Å². The van der Waals surface area contributed by atoms with E-state index in [0.29, 0.717) is 18.2 Å². The first kappa shape index (κ1) is 13.1. The zero-order chi connectivity index (χ0) is 13.1. The van der Waals surface area contributed by atoms with Crippen LogP contribution in [-0.2, 0) is 17.6 Å². The molecule has 0 saturated carbocycles. The van der Waals surface area contributed by atoms with Crippen molar-refractivity contribution in [3.63, 3.8) is 0 Å². The average molecular weight is 249 g/mol. The third-order valence-corrected chi connectivity index (χ3v) is 3.43. The van der Waals surface area contributed by atoms with E-state index in [9.17, 15) is 9.90 Å². The van der Waals surface area contributed by atoms with Gasteiger partial charge in [-0.25, -0.2) is 4.79 Å². The number of rotatable bonds is 3. The quantitative estimate of drug-likeness (QED) is 0.620. The number of carbonyl (C=O) groups is 1. The molecule has 0 spiro atoms. The summed E-state index contributed by atoms with van der Waals surface area (Å²) >= 11 is 0. The van der Waals surface area contributed by atoms with E-state index in [-0.39, 0.29) is 0 Å². The summed E-state index contributed by atoms with van der Waals surface area (Å²) in [5, 5.41) is 9.18. The van der Waals surface area contributed by atoms with Crippen molar-refractivity contribution >= 4 is 5.97 Å². The third kappa shape index (κ3) is 2.71. The number of fused-ring (bicyclic) bond motifs is 1. The molecule has 2 rings (SSSR count). The second kappa shape index (κ2) is 5.50. The SMILES string of the molecule is CC(O)C(=O)Oc1cccc2c1CCC(CN)C2. The Morgan fingerprint density at radius 2 is 2.39 bits per heavy atom. The molecule has 18 heavy (non-hydrogen) atoms. The number of hydrogen-bond acceptors (Lipinski definition) is 4. The van der Waals surface area contributed by atoms with E-state index in [0.717, 1.165) is 24.8 Å². The van der Waals surface area contributed by atoms with Gasteiger partial charge in [-0.1, -0.05) is 12.1 Å². The zero-order valence-electron chi connectivity index (χ0n) is 10.6. The Kier molecular flexibility index (Phi) is 3.99. The molecule has 98 valence electrons. The zero-order valence-corrected chi connectivity index (χ0v) is 10.6. The van der Waals surface area contributed by atoms with Gasteiger partial charge in [-0.05, 0) is 55.8 Å². The lowest BCUT2D eigenvalue weighted by Gasteiger charge is -2.25. The summed E-state index contributed by atoms with van der Waals surface area (Å²) in [4.78, 5) is 11.4. The Bertz CT molecular complexity index is 443. The molecule has 0 aromatic heterocycles. The van der Waals surface area contributed by atoms with Crippen molar-refractivity contribution in [1.29, 1.82) is 0 Å². The van der Waals surface area contributed by atoms with Gasteiger partial charge < -0.3 is 15.6 Å². The van der Waals surface area contributed by atoms with Crippen LogP contribution in [0.25, 0.3) is 0 Å². The lowest BCUT2D eigenvalue weighted by molar-refractivity contribution is -0.142. The standard InChI is InChI=1S/C14H19NO3/c1-9(16)14(17)18-13-4-2-3-11-7-10(8-15)5-6-12(11)13/h2-4,9-10,16H,5-8,15H2,1H3. The molecular formula is C14H19NO3. The maximum Gasteiger partial charge on any atom is 0.340 e. The fraction of sp³-hybridized carbons (Fsp3) is 0.500. The van der Waals surface area contributed by atoms with Crippen LogP contribution in [0.15, 0.2) is 18.2 Å². The molecule has 0 amide bonds. The van der Waals surface area contributed by atoms with Crippen molar-refractivity contribution in [2.45, 2.75) is 32.3 Å². The molecule has 4 heteroatoms. The van der Waals surface area contributed by atoms with E-state index < -0.39 is 12.1 Å². The first-order valence-corrected chi connectivity index (χ1v) is 6.32. The van der Waals surface area contributed by atoms with Crippen LogP contribution in [0, 0.1) is 5.92 Å². The summed E-state index contributed by atoms with van der Waals surface area (Å²) < 4.78 is 5.22. The predicted molar refractivity (Wildman–Crippen MR) is 68.3 cm³/mol. The Labute approximate surface area is 107 Å². The summed E-state index contributed by atoms with van der Waals surface area (Å²) in [7, 11) is 0. The summed E-state index contributed by atoms with van der Waals surface area (Å²) in [6.07, 6.45) is 1.74. The van der Waals surface area contributed by atoms with E-state index in [1.165, 1.54) is 12.5 Å². The van der Waals surface area contributed by atoms with Crippen LogP contribution in [-0.4, -0.2) is 23.7 Å². The highest BCUT2D eigenvalue weighted by molar-refractivity contribution is 5.77. The van der Waals surface area contributed by atoms with Crippen LogP contribution in [0.3, 0.4) is 0 Å². The van der Waals surface area contributed by atoms with Crippen molar-refractivity contribution in [2.75, 3.05) is 6.54 Å². The van der Waals surface area contributed by atoms with E-state index in [4.69, 9.17) is 10.5 Å². The van der Waals surface area contributed by atoms with Crippen molar-refractivity contribution in [1.82, 2.24) is 0 Å². The fourth-order valence-electron chi connectivity index (χ4n) is 2.34. The summed E-state index contributed by atoms with van der Waals surface area (Å²) in [6.45, 7) is 2.10. The molecule has 1 aliphatic carbocycles. The van der Waals surface area contributed by atoms with Gasteiger partial charge in [-0.3, -0.25) is 0 Å². The van der Waals surface area contributed by atoms with Gasteiger partial charge in [0.05, 0.1) is 0 Å². The average Bonchev–Trinajstić information content (AvgIpc) is 2.38. The van der Waals surface area contributed by atoms with Crippen molar-refractivity contribution in [3.05, 3.63) is 29.3 Å². The molecule has 0 bridgehead atoms. The predicted octanol–water partition coefficient (Wildman–Crippen LogP) is 1.04. The molecular weight excluding hydrogens is 230 g/mol. The van der Waals surface area contributed by atoms with Gasteiger partial charge in [0.2, 0.25) is 0 Å². The smallest absolute Gasteiger partial charge is 0.340 e. The molecule has 3 N–H and O–H groups in total. The van der Waals surface area contributed by atoms with Crippen molar-refractivity contribution in [2.24, 2.45) is 11.7 Å². The molecule has 1 aliphatic rings. The molecule has 0 heterocycles. The number of aliphatic hydroxyl groups is 1. The van der Waals surface area contributed by atoms with Gasteiger partial charge in [-0.15, -0.1) is 0 Å². The lowest BCUT2D eigenvalue weighted by Crippen LogP contribution is -2.25. The lowest BCUT2D eigenvalue weighted by atomic mass is 9.83. The minimum Gasteiger partial charge on any atom is -0.424 e. The molecule has 2 unspecified atom stereocenters. The highest BCUT2D eigenvalue weighted by atomic mass is 16.5. The summed E-state index contributed by atoms with van der Waals surface area (Å²) in [6, 6.07) is 5.71. The van der Waals surface area contributed by atoms with E-state index in [1.807, 2.05) is 6.07 Å². The number of ether oxygens (including phenoxy) is 1. The van der Waals surface area contributed by atoms with E-state index in [1.54, 1.807) is 6.07 Å². The number of benzene rings is 1. The van der Waals surface area contributed by atoms with Crippen molar-refractivity contribution < 1.29 is 14.6 Å². The molecule has 0 radical (unpaired) electrons. The number of carbonyl (C=O) groups excluding carboxylic acids is 1. The molecule has 4 nitrogen and oxygen atoms in total. The second-order valence-corrected chi connectivity index (χ2v) is 4.84. The fourth-order valence-corrected chi connectivity index (χ4v) is 2.34. The first-order chi connectivity index (χ1) is 8.61. The molecule has 2 atom stereocenters. The van der Waals surface area contributed by atoms with Gasteiger partial charge in [0, 0.05) is 0 Å². The minimum absolute atomic E-state index is 0.514. The van der Waals surface area contributed by atoms with Crippen molar-refractivity contribution in [3.8, 4) is 5.75 Å². The van der Waals surface area contributed by atoms with E-state index >= 15 is 0 Å². The topological polar surface area (TPSA) is 72.5 Å². The maximum atomic E-state index is 11.4. The summed E-state index contributed by atoms with van der Waals surface area (Å²) in [5.41, 5.74) is 7.98. The first-order valence-electron chi connectivity index (χ1n) is 6.32. The van der Waals surface area contributed by atoms with Crippen LogP contribution >= 0.6 is 0 Å². The number of hydrogen-bond donors (Lipinski definition) is 2. The molecule has 1 aromatic rings. The Morgan fingerprint density at radius 3 is 3.06 bits per heavy atom. The highest BCUT2D eigenvalue weighted by Crippen LogP contribution is 2.32. The Morgan fingerprint density at radius 1 is 1.61 bits per heavy atom. The Hall–Kier alpha value is -1.39. The van der Waals surface area contributed by atoms with Crippen LogP contribution in [0.5, 0.6) is 5.75 Å². The second-order valence-electron chi connectivity index (χ2n) is 4.84. The van der Waals surface area contributed by atoms with Gasteiger partial charge in [0.1, 0.15) is 11.9 Å². The number of aliphatic hydroxyl groups excluding tert-OH is 1.